The second kappa shape index (κ2) is 6.57. The van der Waals surface area contributed by atoms with Gasteiger partial charge in [0.15, 0.2) is 0 Å². The van der Waals surface area contributed by atoms with E-state index >= 15 is 0 Å². The van der Waals surface area contributed by atoms with E-state index in [1.54, 1.807) is 11.3 Å². The van der Waals surface area contributed by atoms with E-state index in [-0.39, 0.29) is 6.04 Å². The number of anilines is 1. The molecule has 5 heteroatoms. The molecule has 0 bridgehead atoms. The number of thiazole rings is 1. The fourth-order valence-corrected chi connectivity index (χ4v) is 3.15. The van der Waals surface area contributed by atoms with Crippen molar-refractivity contribution in [2.24, 2.45) is 5.73 Å². The van der Waals surface area contributed by atoms with Crippen LogP contribution in [0.4, 0.5) is 5.69 Å². The number of benzene rings is 1. The van der Waals surface area contributed by atoms with Crippen molar-refractivity contribution < 1.29 is 0 Å². The van der Waals surface area contributed by atoms with Gasteiger partial charge in [0.05, 0.1) is 17.7 Å². The Morgan fingerprint density at radius 2 is 2.20 bits per heavy atom. The van der Waals surface area contributed by atoms with E-state index in [1.807, 2.05) is 25.4 Å². The first-order valence-corrected chi connectivity index (χ1v) is 7.87. The summed E-state index contributed by atoms with van der Waals surface area (Å²) in [5, 5.41) is 0.785. The highest BCUT2D eigenvalue weighted by atomic mass is 35.5. The van der Waals surface area contributed by atoms with Crippen LogP contribution in [0.15, 0.2) is 23.7 Å². The van der Waals surface area contributed by atoms with Gasteiger partial charge in [-0.3, -0.25) is 0 Å². The van der Waals surface area contributed by atoms with Gasteiger partial charge in [-0.05, 0) is 38.0 Å². The van der Waals surface area contributed by atoms with Crippen LogP contribution >= 0.6 is 22.9 Å². The third kappa shape index (κ3) is 3.72. The number of nitrogens with zero attached hydrogens (tertiary/aromatic N) is 2. The minimum absolute atomic E-state index is 0.121. The van der Waals surface area contributed by atoms with Crippen molar-refractivity contribution in [1.82, 2.24) is 4.98 Å². The molecular weight excluding hydrogens is 290 g/mol. The number of hydrogen-bond acceptors (Lipinski definition) is 4. The quantitative estimate of drug-likeness (QED) is 0.917. The third-order valence-electron chi connectivity index (χ3n) is 3.24. The number of aromatic nitrogens is 1. The summed E-state index contributed by atoms with van der Waals surface area (Å²) in [5.74, 6) is 0. The number of rotatable bonds is 5. The maximum atomic E-state index is 6.34. The first-order valence-electron chi connectivity index (χ1n) is 6.61. The molecule has 1 aromatic carbocycles. The van der Waals surface area contributed by atoms with Crippen molar-refractivity contribution in [3.8, 4) is 0 Å². The average Bonchev–Trinajstić information content (AvgIpc) is 2.77. The predicted molar refractivity (Wildman–Crippen MR) is 87.8 cm³/mol. The van der Waals surface area contributed by atoms with E-state index in [0.717, 1.165) is 34.9 Å². The molecule has 0 saturated carbocycles. The lowest BCUT2D eigenvalue weighted by atomic mass is 10.1. The van der Waals surface area contributed by atoms with E-state index in [2.05, 4.69) is 29.1 Å². The van der Waals surface area contributed by atoms with E-state index in [9.17, 15) is 0 Å². The number of hydrogen-bond donors (Lipinski definition) is 1. The molecule has 0 aliphatic rings. The molecule has 2 aromatic rings. The lowest BCUT2D eigenvalue weighted by molar-refractivity contribution is 0.738. The van der Waals surface area contributed by atoms with Gasteiger partial charge in [-0.25, -0.2) is 4.98 Å². The van der Waals surface area contributed by atoms with Crippen LogP contribution in [0, 0.1) is 6.92 Å². The smallest absolute Gasteiger partial charge is 0.0798 e. The Hall–Kier alpha value is -1.10. The largest absolute Gasteiger partial charge is 0.369 e. The summed E-state index contributed by atoms with van der Waals surface area (Å²) in [5.41, 5.74) is 11.0. The Kier molecular flexibility index (Phi) is 5.02. The molecule has 20 heavy (non-hydrogen) atoms. The molecule has 2 rings (SSSR count). The van der Waals surface area contributed by atoms with Crippen LogP contribution in [0.5, 0.6) is 0 Å². The first kappa shape index (κ1) is 15.3. The van der Waals surface area contributed by atoms with E-state index in [1.165, 1.54) is 4.88 Å². The standard InChI is InChI=1S/C15H20ClN3S/c1-10(17)6-12-4-5-13(7-14(12)16)19(3)8-15-11(2)18-9-20-15/h4-5,7,9-10H,6,8,17H2,1-3H3. The van der Waals surface area contributed by atoms with E-state index in [0.29, 0.717) is 0 Å². The topological polar surface area (TPSA) is 42.2 Å². The van der Waals surface area contributed by atoms with Crippen molar-refractivity contribution in [3.05, 3.63) is 44.9 Å². The normalized spacial score (nSPS) is 12.4. The van der Waals surface area contributed by atoms with Crippen LogP contribution in [0.25, 0.3) is 0 Å². The van der Waals surface area contributed by atoms with Gasteiger partial charge in [-0.2, -0.15) is 0 Å². The molecule has 0 radical (unpaired) electrons. The zero-order valence-electron chi connectivity index (χ0n) is 12.1. The van der Waals surface area contributed by atoms with Gasteiger partial charge in [-0.15, -0.1) is 11.3 Å². The molecule has 0 aliphatic heterocycles. The molecule has 1 unspecified atom stereocenters. The highest BCUT2D eigenvalue weighted by molar-refractivity contribution is 7.09. The van der Waals surface area contributed by atoms with Crippen LogP contribution in [-0.2, 0) is 13.0 Å². The molecule has 2 N–H and O–H groups in total. The van der Waals surface area contributed by atoms with Crippen LogP contribution in [0.3, 0.4) is 0 Å². The summed E-state index contributed by atoms with van der Waals surface area (Å²) in [7, 11) is 2.07. The molecule has 1 aromatic heterocycles. The van der Waals surface area contributed by atoms with Crippen molar-refractivity contribution in [2.45, 2.75) is 32.9 Å². The monoisotopic (exact) mass is 309 g/mol. The molecule has 1 atom stereocenters. The second-order valence-electron chi connectivity index (χ2n) is 5.17. The molecule has 108 valence electrons. The van der Waals surface area contributed by atoms with Gasteiger partial charge >= 0.3 is 0 Å². The Bertz CT molecular complexity index is 580. The number of halogens is 1. The van der Waals surface area contributed by atoms with E-state index < -0.39 is 0 Å². The summed E-state index contributed by atoms with van der Waals surface area (Å²) in [6.07, 6.45) is 0.802. The minimum atomic E-state index is 0.121. The maximum absolute atomic E-state index is 6.34. The van der Waals surface area contributed by atoms with Crippen LogP contribution in [-0.4, -0.2) is 18.1 Å². The third-order valence-corrected chi connectivity index (χ3v) is 4.52. The molecule has 1 heterocycles. The highest BCUT2D eigenvalue weighted by Gasteiger charge is 2.09. The summed E-state index contributed by atoms with van der Waals surface area (Å²) in [6.45, 7) is 4.88. The summed E-state index contributed by atoms with van der Waals surface area (Å²) in [4.78, 5) is 7.74. The zero-order chi connectivity index (χ0) is 14.7. The Balaban J connectivity index is 2.12. The molecule has 0 spiro atoms. The SMILES string of the molecule is Cc1ncsc1CN(C)c1ccc(CC(C)N)c(Cl)c1. The Labute approximate surface area is 129 Å². The van der Waals surface area contributed by atoms with Crippen LogP contribution in [0.2, 0.25) is 5.02 Å². The molecule has 0 aliphatic carbocycles. The van der Waals surface area contributed by atoms with Gasteiger partial charge in [-0.1, -0.05) is 17.7 Å². The Morgan fingerprint density at radius 1 is 1.45 bits per heavy atom. The highest BCUT2D eigenvalue weighted by Crippen LogP contribution is 2.26. The predicted octanol–water partition coefficient (Wildman–Crippen LogP) is 3.63. The molecule has 0 amide bonds. The summed E-state index contributed by atoms with van der Waals surface area (Å²) in [6, 6.07) is 6.29. The van der Waals surface area contributed by atoms with Crippen LogP contribution < -0.4 is 10.6 Å². The van der Waals surface area contributed by atoms with Gasteiger partial charge in [0.1, 0.15) is 0 Å². The molecule has 0 saturated heterocycles. The molecule has 3 nitrogen and oxygen atoms in total. The van der Waals surface area contributed by atoms with Crippen molar-refractivity contribution in [2.75, 3.05) is 11.9 Å². The lowest BCUT2D eigenvalue weighted by Crippen LogP contribution is -2.19. The molecular formula is C15H20ClN3S. The van der Waals surface area contributed by atoms with E-state index in [4.69, 9.17) is 17.3 Å². The molecule has 0 fully saturated rings. The fraction of sp³-hybridized carbons (Fsp3) is 0.400. The van der Waals surface area contributed by atoms with Gasteiger partial charge in [0.2, 0.25) is 0 Å². The number of aryl methyl sites for hydroxylation is 1. The van der Waals surface area contributed by atoms with Crippen molar-refractivity contribution >= 4 is 28.6 Å². The zero-order valence-corrected chi connectivity index (χ0v) is 13.6. The number of nitrogens with two attached hydrogens (primary N) is 1. The van der Waals surface area contributed by atoms with Crippen LogP contribution in [0.1, 0.15) is 23.1 Å². The maximum Gasteiger partial charge on any atom is 0.0798 e. The van der Waals surface area contributed by atoms with Gasteiger partial charge < -0.3 is 10.6 Å². The Morgan fingerprint density at radius 3 is 2.75 bits per heavy atom. The fourth-order valence-electron chi connectivity index (χ4n) is 2.07. The van der Waals surface area contributed by atoms with Gasteiger partial charge in [0, 0.05) is 28.7 Å². The second-order valence-corrected chi connectivity index (χ2v) is 6.52. The minimum Gasteiger partial charge on any atom is -0.369 e. The average molecular weight is 310 g/mol. The van der Waals surface area contributed by atoms with Crippen molar-refractivity contribution in [1.29, 1.82) is 0 Å². The lowest BCUT2D eigenvalue weighted by Gasteiger charge is -2.20. The van der Waals surface area contributed by atoms with Gasteiger partial charge in [0.25, 0.3) is 0 Å². The van der Waals surface area contributed by atoms with Crippen molar-refractivity contribution in [3.63, 3.8) is 0 Å². The summed E-state index contributed by atoms with van der Waals surface area (Å²) < 4.78 is 0. The summed E-state index contributed by atoms with van der Waals surface area (Å²) >= 11 is 8.02. The first-order chi connectivity index (χ1) is 9.47.